The Morgan fingerprint density at radius 2 is 2.40 bits per heavy atom. The van der Waals surface area contributed by atoms with E-state index in [1.165, 1.54) is 0 Å². The molecule has 2 aliphatic rings. The lowest BCUT2D eigenvalue weighted by Gasteiger charge is -2.26. The Hall–Kier alpha value is -0.570. The number of ether oxygens (including phenoxy) is 1. The van der Waals surface area contributed by atoms with Gasteiger partial charge in [0.1, 0.15) is 5.60 Å². The molecule has 0 aromatic carbocycles. The zero-order chi connectivity index (χ0) is 7.19. The van der Waals surface area contributed by atoms with Crippen molar-refractivity contribution < 1.29 is 9.53 Å². The van der Waals surface area contributed by atoms with Gasteiger partial charge >= 0.3 is 0 Å². The van der Waals surface area contributed by atoms with Crippen LogP contribution in [0.5, 0.6) is 0 Å². The number of nitrogens with zero attached hydrogens (tertiary/aromatic N) is 1. The molecule has 0 radical (unpaired) electrons. The van der Waals surface area contributed by atoms with E-state index in [0.717, 1.165) is 19.6 Å². The highest BCUT2D eigenvalue weighted by atomic mass is 16.6. The van der Waals surface area contributed by atoms with E-state index >= 15 is 0 Å². The molecule has 1 spiro atoms. The molecule has 2 aliphatic heterocycles. The Labute approximate surface area is 60.0 Å². The number of hydrogen-bond acceptors (Lipinski definition) is 2. The minimum Gasteiger partial charge on any atom is -0.369 e. The van der Waals surface area contributed by atoms with Crippen molar-refractivity contribution in [1.29, 1.82) is 0 Å². The van der Waals surface area contributed by atoms with Crippen molar-refractivity contribution >= 4 is 5.91 Å². The maximum atomic E-state index is 11.1. The van der Waals surface area contributed by atoms with Gasteiger partial charge in [0.25, 0.3) is 0 Å². The SMILES string of the molecule is CN1CCC2(CO2)CC1=O. The quantitative estimate of drug-likeness (QED) is 0.445. The summed E-state index contributed by atoms with van der Waals surface area (Å²) < 4.78 is 5.21. The lowest BCUT2D eigenvalue weighted by Crippen LogP contribution is -2.39. The highest BCUT2D eigenvalue weighted by molar-refractivity contribution is 5.78. The summed E-state index contributed by atoms with van der Waals surface area (Å²) in [6.07, 6.45) is 1.62. The van der Waals surface area contributed by atoms with Gasteiger partial charge in [0, 0.05) is 13.6 Å². The summed E-state index contributed by atoms with van der Waals surface area (Å²) in [6, 6.07) is 0. The average Bonchev–Trinajstić information content (AvgIpc) is 2.62. The summed E-state index contributed by atoms with van der Waals surface area (Å²) in [7, 11) is 1.84. The van der Waals surface area contributed by atoms with E-state index in [0.29, 0.717) is 6.42 Å². The molecular formula is C7H11NO2. The van der Waals surface area contributed by atoms with Crippen LogP contribution in [0.25, 0.3) is 0 Å². The summed E-state index contributed by atoms with van der Waals surface area (Å²) in [5, 5.41) is 0. The van der Waals surface area contributed by atoms with Crippen LogP contribution >= 0.6 is 0 Å². The van der Waals surface area contributed by atoms with E-state index in [1.54, 1.807) is 4.90 Å². The molecule has 0 bridgehead atoms. The third kappa shape index (κ3) is 0.814. The molecule has 56 valence electrons. The molecule has 0 aromatic heterocycles. The smallest absolute Gasteiger partial charge is 0.225 e. The van der Waals surface area contributed by atoms with Crippen LogP contribution in [-0.4, -0.2) is 36.6 Å². The monoisotopic (exact) mass is 141 g/mol. The number of hydrogen-bond donors (Lipinski definition) is 0. The van der Waals surface area contributed by atoms with E-state index < -0.39 is 0 Å². The zero-order valence-corrected chi connectivity index (χ0v) is 6.09. The predicted molar refractivity (Wildman–Crippen MR) is 35.6 cm³/mol. The fraction of sp³-hybridized carbons (Fsp3) is 0.857. The van der Waals surface area contributed by atoms with Gasteiger partial charge < -0.3 is 9.64 Å². The molecule has 2 saturated heterocycles. The highest BCUT2D eigenvalue weighted by Crippen LogP contribution is 2.37. The number of piperidine rings is 1. The number of carbonyl (C=O) groups excluding carboxylic acids is 1. The number of epoxide rings is 1. The molecule has 3 nitrogen and oxygen atoms in total. The van der Waals surface area contributed by atoms with Crippen LogP contribution in [0.4, 0.5) is 0 Å². The van der Waals surface area contributed by atoms with E-state index in [9.17, 15) is 4.79 Å². The lowest BCUT2D eigenvalue weighted by atomic mass is 9.98. The first-order valence-electron chi connectivity index (χ1n) is 3.60. The third-order valence-corrected chi connectivity index (χ3v) is 2.35. The molecule has 1 atom stereocenters. The van der Waals surface area contributed by atoms with Crippen LogP contribution in [0.3, 0.4) is 0 Å². The van der Waals surface area contributed by atoms with Gasteiger partial charge in [0.2, 0.25) is 5.91 Å². The minimum absolute atomic E-state index is 0.0103. The standard InChI is InChI=1S/C7H11NO2/c1-8-3-2-7(5-10-7)4-6(8)9/h2-5H2,1H3. The highest BCUT2D eigenvalue weighted by Gasteiger charge is 2.49. The van der Waals surface area contributed by atoms with Crippen molar-refractivity contribution in [2.75, 3.05) is 20.2 Å². The predicted octanol–water partition coefficient (Wildman–Crippen LogP) is 0.00760. The summed E-state index contributed by atoms with van der Waals surface area (Å²) >= 11 is 0. The van der Waals surface area contributed by atoms with Gasteiger partial charge in [-0.3, -0.25) is 4.79 Å². The second-order valence-electron chi connectivity index (χ2n) is 3.21. The molecule has 0 aromatic rings. The van der Waals surface area contributed by atoms with Crippen LogP contribution in [0.15, 0.2) is 0 Å². The van der Waals surface area contributed by atoms with Crippen molar-refractivity contribution in [3.63, 3.8) is 0 Å². The first-order valence-corrected chi connectivity index (χ1v) is 3.60. The Morgan fingerprint density at radius 1 is 1.70 bits per heavy atom. The molecule has 1 amide bonds. The molecule has 2 fully saturated rings. The molecule has 0 aliphatic carbocycles. The van der Waals surface area contributed by atoms with Crippen molar-refractivity contribution in [2.45, 2.75) is 18.4 Å². The Bertz CT molecular complexity index is 174. The van der Waals surface area contributed by atoms with Crippen LogP contribution in [0, 0.1) is 0 Å². The average molecular weight is 141 g/mol. The molecule has 10 heavy (non-hydrogen) atoms. The first-order chi connectivity index (χ1) is 4.72. The van der Waals surface area contributed by atoms with Crippen molar-refractivity contribution in [1.82, 2.24) is 4.90 Å². The van der Waals surface area contributed by atoms with Gasteiger partial charge in [0.15, 0.2) is 0 Å². The van der Waals surface area contributed by atoms with Crippen LogP contribution in [-0.2, 0) is 9.53 Å². The Balaban J connectivity index is 2.04. The first kappa shape index (κ1) is 6.16. The second kappa shape index (κ2) is 1.72. The van der Waals surface area contributed by atoms with E-state index in [-0.39, 0.29) is 11.5 Å². The maximum absolute atomic E-state index is 11.1. The summed E-state index contributed by atoms with van der Waals surface area (Å²) in [5.41, 5.74) is -0.0103. The number of rotatable bonds is 0. The number of amides is 1. The maximum Gasteiger partial charge on any atom is 0.225 e. The minimum atomic E-state index is -0.0103. The summed E-state index contributed by atoms with van der Waals surface area (Å²) in [4.78, 5) is 12.9. The number of likely N-dealkylation sites (tertiary alicyclic amines) is 1. The van der Waals surface area contributed by atoms with Crippen LogP contribution in [0.2, 0.25) is 0 Å². The fourth-order valence-corrected chi connectivity index (χ4v) is 1.34. The fourth-order valence-electron chi connectivity index (χ4n) is 1.34. The molecule has 0 saturated carbocycles. The van der Waals surface area contributed by atoms with Crippen LogP contribution in [0.1, 0.15) is 12.8 Å². The van der Waals surface area contributed by atoms with Gasteiger partial charge in [-0.25, -0.2) is 0 Å². The Morgan fingerprint density at radius 3 is 2.90 bits per heavy atom. The van der Waals surface area contributed by atoms with Gasteiger partial charge in [-0.05, 0) is 6.42 Å². The largest absolute Gasteiger partial charge is 0.369 e. The molecule has 3 heteroatoms. The molecule has 0 N–H and O–H groups in total. The van der Waals surface area contributed by atoms with Crippen LogP contribution < -0.4 is 0 Å². The van der Waals surface area contributed by atoms with E-state index in [2.05, 4.69) is 0 Å². The van der Waals surface area contributed by atoms with E-state index in [4.69, 9.17) is 4.74 Å². The Kier molecular flexibility index (Phi) is 1.06. The summed E-state index contributed by atoms with van der Waals surface area (Å²) in [5.74, 6) is 0.226. The van der Waals surface area contributed by atoms with Crippen molar-refractivity contribution in [2.24, 2.45) is 0 Å². The van der Waals surface area contributed by atoms with Gasteiger partial charge in [-0.2, -0.15) is 0 Å². The zero-order valence-electron chi connectivity index (χ0n) is 6.09. The molecular weight excluding hydrogens is 130 g/mol. The van der Waals surface area contributed by atoms with Crippen molar-refractivity contribution in [3.05, 3.63) is 0 Å². The topological polar surface area (TPSA) is 32.8 Å². The van der Waals surface area contributed by atoms with Gasteiger partial charge in [-0.1, -0.05) is 0 Å². The second-order valence-corrected chi connectivity index (χ2v) is 3.21. The summed E-state index contributed by atoms with van der Waals surface area (Å²) in [6.45, 7) is 1.66. The van der Waals surface area contributed by atoms with Gasteiger partial charge in [0.05, 0.1) is 13.0 Å². The van der Waals surface area contributed by atoms with Gasteiger partial charge in [-0.15, -0.1) is 0 Å². The van der Waals surface area contributed by atoms with Crippen molar-refractivity contribution in [3.8, 4) is 0 Å². The lowest BCUT2D eigenvalue weighted by molar-refractivity contribution is -0.133. The molecule has 2 rings (SSSR count). The normalized spacial score (nSPS) is 38.9. The molecule has 2 heterocycles. The van der Waals surface area contributed by atoms with E-state index in [1.807, 2.05) is 7.05 Å². The number of carbonyl (C=O) groups is 1. The third-order valence-electron chi connectivity index (χ3n) is 2.35. The molecule has 1 unspecified atom stereocenters.